The number of ketones is 1. The summed E-state index contributed by atoms with van der Waals surface area (Å²) in [7, 11) is 0. The Hall–Kier alpha value is -1.69. The molecule has 0 saturated heterocycles. The van der Waals surface area contributed by atoms with E-state index in [1.54, 1.807) is 12.1 Å². The topological polar surface area (TPSA) is 30.0 Å². The average Bonchev–Trinajstić information content (AvgIpc) is 2.46. The van der Waals surface area contributed by atoms with Gasteiger partial charge in [-0.05, 0) is 29.8 Å². The van der Waals surface area contributed by atoms with Crippen LogP contribution in [0.1, 0.15) is 26.3 Å². The van der Waals surface area contributed by atoms with Crippen molar-refractivity contribution in [3.8, 4) is 0 Å². The Morgan fingerprint density at radius 2 is 1.80 bits per heavy atom. The second kappa shape index (κ2) is 5.75. The molecule has 1 aromatic carbocycles. The number of halogens is 4. The normalized spacial score (nSPS) is 13.0. The molecule has 1 unspecified atom stereocenters. The summed E-state index contributed by atoms with van der Waals surface area (Å²) in [6.45, 7) is 0. The lowest BCUT2D eigenvalue weighted by Gasteiger charge is -2.11. The van der Waals surface area contributed by atoms with E-state index in [9.17, 15) is 18.0 Å². The lowest BCUT2D eigenvalue weighted by atomic mass is 10.0. The van der Waals surface area contributed by atoms with E-state index < -0.39 is 22.4 Å². The van der Waals surface area contributed by atoms with E-state index in [2.05, 4.69) is 20.9 Å². The molecule has 0 aliphatic rings. The molecule has 2 nitrogen and oxygen atoms in total. The molecule has 104 valence electrons. The van der Waals surface area contributed by atoms with Crippen LogP contribution in [-0.4, -0.2) is 10.8 Å². The number of carbonyl (C=O) groups is 1. The monoisotopic (exact) mass is 343 g/mol. The second-order valence-corrected chi connectivity index (χ2v) is 5.00. The van der Waals surface area contributed by atoms with Crippen LogP contribution in [0.25, 0.3) is 0 Å². The van der Waals surface area contributed by atoms with Crippen LogP contribution in [0.2, 0.25) is 0 Å². The summed E-state index contributed by atoms with van der Waals surface area (Å²) in [5, 5.41) is 0. The summed E-state index contributed by atoms with van der Waals surface area (Å²) in [6, 6.07) is 7.65. The van der Waals surface area contributed by atoms with Crippen LogP contribution >= 0.6 is 15.9 Å². The van der Waals surface area contributed by atoms with Crippen molar-refractivity contribution in [1.82, 2.24) is 4.98 Å². The smallest absolute Gasteiger partial charge is 0.293 e. The van der Waals surface area contributed by atoms with E-state index in [1.807, 2.05) is 0 Å². The minimum Gasteiger partial charge on any atom is -0.293 e. The van der Waals surface area contributed by atoms with E-state index in [0.717, 1.165) is 12.1 Å². The molecule has 0 fully saturated rings. The van der Waals surface area contributed by atoms with Crippen molar-refractivity contribution >= 4 is 21.7 Å². The fraction of sp³-hybridized carbons (Fsp3) is 0.143. The van der Waals surface area contributed by atoms with Crippen molar-refractivity contribution in [3.63, 3.8) is 0 Å². The van der Waals surface area contributed by atoms with Crippen LogP contribution in [0.5, 0.6) is 0 Å². The Kier molecular flexibility index (Phi) is 4.23. The van der Waals surface area contributed by atoms with Crippen LogP contribution in [0, 0.1) is 0 Å². The van der Waals surface area contributed by atoms with Gasteiger partial charge in [0.25, 0.3) is 0 Å². The molecule has 1 atom stereocenters. The molecule has 0 radical (unpaired) electrons. The molecule has 1 aromatic heterocycles. The van der Waals surface area contributed by atoms with Crippen molar-refractivity contribution in [2.75, 3.05) is 0 Å². The molecule has 2 rings (SSSR count). The fourth-order valence-electron chi connectivity index (χ4n) is 1.68. The molecule has 0 aliphatic heterocycles. The summed E-state index contributed by atoms with van der Waals surface area (Å²) in [5.74, 6) is -0.428. The third-order valence-electron chi connectivity index (χ3n) is 2.70. The van der Waals surface area contributed by atoms with E-state index in [0.29, 0.717) is 5.56 Å². The molecule has 0 saturated carbocycles. The van der Waals surface area contributed by atoms with Gasteiger partial charge >= 0.3 is 6.18 Å². The third kappa shape index (κ3) is 3.25. The maximum atomic E-state index is 12.6. The maximum absolute atomic E-state index is 12.6. The van der Waals surface area contributed by atoms with Gasteiger partial charge in [-0.3, -0.25) is 9.78 Å². The lowest BCUT2D eigenvalue weighted by molar-refractivity contribution is -0.137. The molecule has 0 amide bonds. The molecule has 0 spiro atoms. The van der Waals surface area contributed by atoms with Gasteiger partial charge < -0.3 is 0 Å². The van der Waals surface area contributed by atoms with Crippen molar-refractivity contribution in [3.05, 3.63) is 65.5 Å². The fourth-order valence-corrected chi connectivity index (χ4v) is 2.25. The number of Topliss-reactive ketones (excluding diaryl/α,β-unsaturated/α-hetero) is 1. The highest BCUT2D eigenvalue weighted by atomic mass is 79.9. The minimum absolute atomic E-state index is 0.0125. The highest BCUT2D eigenvalue weighted by Crippen LogP contribution is 2.32. The number of pyridine rings is 1. The zero-order chi connectivity index (χ0) is 14.8. The number of hydrogen-bond donors (Lipinski definition) is 0. The molecular formula is C14H9BrF3NO. The van der Waals surface area contributed by atoms with E-state index >= 15 is 0 Å². The van der Waals surface area contributed by atoms with Crippen LogP contribution in [0.3, 0.4) is 0 Å². The number of rotatable bonds is 3. The van der Waals surface area contributed by atoms with Gasteiger partial charge in [-0.2, -0.15) is 13.2 Å². The molecule has 6 heteroatoms. The Morgan fingerprint density at radius 1 is 1.15 bits per heavy atom. The van der Waals surface area contributed by atoms with E-state index in [-0.39, 0.29) is 5.56 Å². The van der Waals surface area contributed by atoms with Gasteiger partial charge in [0.2, 0.25) is 0 Å². The van der Waals surface area contributed by atoms with Gasteiger partial charge in [0.1, 0.15) is 4.83 Å². The number of carbonyl (C=O) groups excluding carboxylic acids is 1. The zero-order valence-electron chi connectivity index (χ0n) is 10.1. The summed E-state index contributed by atoms with van der Waals surface area (Å²) in [4.78, 5) is 15.3. The molecule has 0 aliphatic carbocycles. The summed E-state index contributed by atoms with van der Waals surface area (Å²) in [5.41, 5.74) is -0.182. The van der Waals surface area contributed by atoms with Gasteiger partial charge in [-0.15, -0.1) is 0 Å². The van der Waals surface area contributed by atoms with Crippen molar-refractivity contribution in [2.24, 2.45) is 0 Å². The highest BCUT2D eigenvalue weighted by molar-refractivity contribution is 9.09. The summed E-state index contributed by atoms with van der Waals surface area (Å²) >= 11 is 3.20. The number of hydrogen-bond acceptors (Lipinski definition) is 2. The van der Waals surface area contributed by atoms with Crippen molar-refractivity contribution < 1.29 is 18.0 Å². The quantitative estimate of drug-likeness (QED) is 0.610. The van der Waals surface area contributed by atoms with Gasteiger partial charge in [0, 0.05) is 18.0 Å². The molecular weight excluding hydrogens is 335 g/mol. The predicted molar refractivity (Wildman–Crippen MR) is 71.7 cm³/mol. The first-order valence-corrected chi connectivity index (χ1v) is 6.56. The lowest BCUT2D eigenvalue weighted by Crippen LogP contribution is -2.10. The van der Waals surface area contributed by atoms with Crippen molar-refractivity contribution in [1.29, 1.82) is 0 Å². The highest BCUT2D eigenvalue weighted by Gasteiger charge is 2.31. The summed E-state index contributed by atoms with van der Waals surface area (Å²) < 4.78 is 37.9. The van der Waals surface area contributed by atoms with Gasteiger partial charge in [-0.1, -0.05) is 28.1 Å². The molecule has 20 heavy (non-hydrogen) atoms. The Balaban J connectivity index is 2.30. The number of aromatic nitrogens is 1. The minimum atomic E-state index is -4.46. The molecule has 0 bridgehead atoms. The Bertz CT molecular complexity index is 613. The second-order valence-electron chi connectivity index (χ2n) is 4.09. The average molecular weight is 344 g/mol. The van der Waals surface area contributed by atoms with Crippen LogP contribution in [0.4, 0.5) is 13.2 Å². The molecule has 2 aromatic rings. The van der Waals surface area contributed by atoms with Gasteiger partial charge in [0.05, 0.1) is 5.56 Å². The van der Waals surface area contributed by atoms with Crippen LogP contribution in [0.15, 0.2) is 48.8 Å². The largest absolute Gasteiger partial charge is 0.416 e. The number of alkyl halides is 4. The van der Waals surface area contributed by atoms with Crippen LogP contribution < -0.4 is 0 Å². The zero-order valence-corrected chi connectivity index (χ0v) is 11.6. The number of nitrogens with zero attached hydrogens (tertiary/aromatic N) is 1. The van der Waals surface area contributed by atoms with Gasteiger partial charge in [-0.25, -0.2) is 0 Å². The Morgan fingerprint density at radius 3 is 2.40 bits per heavy atom. The first-order chi connectivity index (χ1) is 9.39. The molecule has 0 N–H and O–H groups in total. The van der Waals surface area contributed by atoms with E-state index in [1.165, 1.54) is 24.5 Å². The van der Waals surface area contributed by atoms with E-state index in [4.69, 9.17) is 0 Å². The van der Waals surface area contributed by atoms with Crippen molar-refractivity contribution in [2.45, 2.75) is 11.0 Å². The Labute approximate surface area is 121 Å². The summed E-state index contributed by atoms with van der Waals surface area (Å²) in [6.07, 6.45) is -1.43. The predicted octanol–water partition coefficient (Wildman–Crippen LogP) is 4.42. The molecule has 1 heterocycles. The maximum Gasteiger partial charge on any atom is 0.416 e. The standard InChI is InChI=1S/C14H9BrF3NO/c15-12(9-4-6-19-7-5-9)13(20)10-2-1-3-11(8-10)14(16,17)18/h1-8,12H. The number of benzene rings is 1. The third-order valence-corrected chi connectivity index (χ3v) is 3.65. The first-order valence-electron chi connectivity index (χ1n) is 5.65. The first kappa shape index (κ1) is 14.7. The van der Waals surface area contributed by atoms with Crippen LogP contribution in [-0.2, 0) is 6.18 Å². The van der Waals surface area contributed by atoms with Gasteiger partial charge in [0.15, 0.2) is 5.78 Å². The SMILES string of the molecule is O=C(c1cccc(C(F)(F)F)c1)C(Br)c1ccncc1.